The van der Waals surface area contributed by atoms with Crippen LogP contribution in [0.4, 0.5) is 0 Å². The summed E-state index contributed by atoms with van der Waals surface area (Å²) in [6.45, 7) is 9.41. The lowest BCUT2D eigenvalue weighted by Crippen LogP contribution is -2.46. The van der Waals surface area contributed by atoms with Gasteiger partial charge in [-0.3, -0.25) is 0 Å². The highest BCUT2D eigenvalue weighted by Crippen LogP contribution is 2.45. The summed E-state index contributed by atoms with van der Waals surface area (Å²) in [6, 6.07) is 17.5. The molecule has 28 heavy (non-hydrogen) atoms. The summed E-state index contributed by atoms with van der Waals surface area (Å²) in [4.78, 5) is 0. The van der Waals surface area contributed by atoms with E-state index in [0.717, 1.165) is 51.1 Å². The van der Waals surface area contributed by atoms with E-state index < -0.39 is 0 Å². The van der Waals surface area contributed by atoms with Gasteiger partial charge in [0.05, 0.1) is 12.7 Å². The molecule has 0 saturated carbocycles. The van der Waals surface area contributed by atoms with E-state index in [0.29, 0.717) is 0 Å². The molecule has 1 aliphatic rings. The van der Waals surface area contributed by atoms with E-state index >= 15 is 0 Å². The zero-order valence-electron chi connectivity index (χ0n) is 17.9. The molecule has 1 N–H and O–H groups in total. The number of hydrogen-bond acceptors (Lipinski definition) is 3. The lowest BCUT2D eigenvalue weighted by Gasteiger charge is -2.47. The second kappa shape index (κ2) is 9.11. The average Bonchev–Trinajstić information content (AvgIpc) is 2.72. The number of methoxy groups -OCH3 is 1. The maximum absolute atomic E-state index is 6.18. The van der Waals surface area contributed by atoms with Gasteiger partial charge in [0, 0.05) is 18.6 Å². The Morgan fingerprint density at radius 2 is 1.79 bits per heavy atom. The topological polar surface area (TPSA) is 30.5 Å². The van der Waals surface area contributed by atoms with E-state index in [-0.39, 0.29) is 11.0 Å². The molecule has 0 bridgehead atoms. The van der Waals surface area contributed by atoms with Gasteiger partial charge in [-0.25, -0.2) is 0 Å². The first-order valence-corrected chi connectivity index (χ1v) is 10.5. The van der Waals surface area contributed by atoms with Gasteiger partial charge in [0.15, 0.2) is 0 Å². The molecule has 1 heterocycles. The largest absolute Gasteiger partial charge is 0.497 e. The Morgan fingerprint density at radius 3 is 2.43 bits per heavy atom. The first kappa shape index (κ1) is 20.9. The Labute approximate surface area is 170 Å². The molecule has 0 spiro atoms. The predicted molar refractivity (Wildman–Crippen MR) is 116 cm³/mol. The zero-order valence-corrected chi connectivity index (χ0v) is 17.9. The summed E-state index contributed by atoms with van der Waals surface area (Å²) in [5.74, 6) is 0.906. The monoisotopic (exact) mass is 381 g/mol. The van der Waals surface area contributed by atoms with Crippen LogP contribution in [-0.2, 0) is 16.7 Å². The maximum Gasteiger partial charge on any atom is 0.118 e. The molecule has 1 saturated heterocycles. The van der Waals surface area contributed by atoms with Crippen LogP contribution in [0.15, 0.2) is 48.5 Å². The molecule has 0 radical (unpaired) electrons. The predicted octanol–water partition coefficient (Wildman–Crippen LogP) is 5.40. The Bertz CT molecular complexity index is 740. The van der Waals surface area contributed by atoms with E-state index in [1.807, 2.05) is 12.1 Å². The Morgan fingerprint density at radius 1 is 1.07 bits per heavy atom. The molecule has 1 aliphatic heterocycles. The van der Waals surface area contributed by atoms with E-state index in [2.05, 4.69) is 62.5 Å². The van der Waals surface area contributed by atoms with Crippen LogP contribution >= 0.6 is 0 Å². The minimum Gasteiger partial charge on any atom is -0.497 e. The molecule has 0 aliphatic carbocycles. The number of nitrogens with one attached hydrogen (secondary N) is 1. The third kappa shape index (κ3) is 4.95. The highest BCUT2D eigenvalue weighted by molar-refractivity contribution is 5.30. The molecule has 0 aromatic heterocycles. The molecule has 3 nitrogen and oxygen atoms in total. The fourth-order valence-corrected chi connectivity index (χ4v) is 4.39. The van der Waals surface area contributed by atoms with E-state index in [1.54, 1.807) is 7.11 Å². The molecule has 3 rings (SSSR count). The lowest BCUT2D eigenvalue weighted by atomic mass is 9.66. The fourth-order valence-electron chi connectivity index (χ4n) is 4.39. The van der Waals surface area contributed by atoms with Crippen molar-refractivity contribution in [1.29, 1.82) is 0 Å². The first-order valence-electron chi connectivity index (χ1n) is 10.5. The number of hydrogen-bond donors (Lipinski definition) is 1. The number of benzene rings is 2. The Kier molecular flexibility index (Phi) is 6.79. The van der Waals surface area contributed by atoms with Crippen molar-refractivity contribution in [2.75, 3.05) is 20.3 Å². The van der Waals surface area contributed by atoms with Gasteiger partial charge in [0.1, 0.15) is 5.75 Å². The standard InChI is InChI=1S/C25H35NO2/c1-5-24(3)19-25(15-17-28-24,22-10-6-20(2)7-11-22)14-16-26-18-21-8-12-23(27-4)13-9-21/h6-13,26H,5,14-19H2,1-4H3/t24?,25-/m1/s1. The molecular weight excluding hydrogens is 346 g/mol. The van der Waals surface area contributed by atoms with Crippen molar-refractivity contribution < 1.29 is 9.47 Å². The van der Waals surface area contributed by atoms with Gasteiger partial charge in [-0.15, -0.1) is 0 Å². The Balaban J connectivity index is 1.68. The van der Waals surface area contributed by atoms with Crippen LogP contribution < -0.4 is 10.1 Å². The van der Waals surface area contributed by atoms with Crippen LogP contribution in [0, 0.1) is 6.92 Å². The molecule has 2 aromatic carbocycles. The average molecular weight is 382 g/mol. The second-order valence-corrected chi connectivity index (χ2v) is 8.50. The van der Waals surface area contributed by atoms with E-state index in [4.69, 9.17) is 9.47 Å². The van der Waals surface area contributed by atoms with Crippen molar-refractivity contribution in [2.24, 2.45) is 0 Å². The summed E-state index contributed by atoms with van der Waals surface area (Å²) in [5, 5.41) is 3.66. The third-order valence-electron chi connectivity index (χ3n) is 6.42. The molecule has 0 amide bonds. The molecule has 152 valence electrons. The van der Waals surface area contributed by atoms with Crippen LogP contribution in [0.3, 0.4) is 0 Å². The summed E-state index contributed by atoms with van der Waals surface area (Å²) in [6.07, 6.45) is 4.37. The van der Waals surface area contributed by atoms with Gasteiger partial charge in [0.25, 0.3) is 0 Å². The van der Waals surface area contributed by atoms with Crippen LogP contribution in [0.1, 0.15) is 56.2 Å². The lowest BCUT2D eigenvalue weighted by molar-refractivity contribution is -0.0979. The minimum absolute atomic E-state index is 0.0287. The molecule has 1 fully saturated rings. The number of ether oxygens (including phenoxy) is 2. The second-order valence-electron chi connectivity index (χ2n) is 8.50. The van der Waals surface area contributed by atoms with Crippen LogP contribution in [-0.4, -0.2) is 25.9 Å². The van der Waals surface area contributed by atoms with Crippen molar-refractivity contribution in [3.05, 3.63) is 65.2 Å². The van der Waals surface area contributed by atoms with Gasteiger partial charge in [-0.2, -0.15) is 0 Å². The van der Waals surface area contributed by atoms with E-state index in [1.165, 1.54) is 16.7 Å². The zero-order chi connectivity index (χ0) is 20.0. The molecule has 2 aromatic rings. The quantitative estimate of drug-likeness (QED) is 0.621. The highest BCUT2D eigenvalue weighted by atomic mass is 16.5. The smallest absolute Gasteiger partial charge is 0.118 e. The first-order chi connectivity index (χ1) is 13.5. The molecule has 2 atom stereocenters. The van der Waals surface area contributed by atoms with Crippen molar-refractivity contribution in [3.8, 4) is 5.75 Å². The van der Waals surface area contributed by atoms with Gasteiger partial charge >= 0.3 is 0 Å². The van der Waals surface area contributed by atoms with Crippen LogP contribution in [0.5, 0.6) is 5.75 Å². The summed E-state index contributed by atoms with van der Waals surface area (Å²) in [5.41, 5.74) is 4.23. The van der Waals surface area contributed by atoms with E-state index in [9.17, 15) is 0 Å². The van der Waals surface area contributed by atoms with Gasteiger partial charge < -0.3 is 14.8 Å². The van der Waals surface area contributed by atoms with Crippen molar-refractivity contribution in [3.63, 3.8) is 0 Å². The molecular formula is C25H35NO2. The molecule has 1 unspecified atom stereocenters. The Hall–Kier alpha value is -1.84. The maximum atomic E-state index is 6.18. The summed E-state index contributed by atoms with van der Waals surface area (Å²) >= 11 is 0. The SMILES string of the molecule is CCC1(C)C[C@](CCNCc2ccc(OC)cc2)(c2ccc(C)cc2)CCO1. The number of rotatable bonds is 8. The normalized spacial score (nSPS) is 24.9. The molecule has 3 heteroatoms. The summed E-state index contributed by atoms with van der Waals surface area (Å²) in [7, 11) is 1.70. The minimum atomic E-state index is -0.0287. The van der Waals surface area contributed by atoms with Crippen LogP contribution in [0.2, 0.25) is 0 Å². The van der Waals surface area contributed by atoms with Gasteiger partial charge in [0.2, 0.25) is 0 Å². The number of aryl methyl sites for hydroxylation is 1. The van der Waals surface area contributed by atoms with Gasteiger partial charge in [-0.1, -0.05) is 48.9 Å². The third-order valence-corrected chi connectivity index (χ3v) is 6.42. The van der Waals surface area contributed by atoms with Crippen molar-refractivity contribution >= 4 is 0 Å². The van der Waals surface area contributed by atoms with Crippen LogP contribution in [0.25, 0.3) is 0 Å². The van der Waals surface area contributed by atoms with Crippen molar-refractivity contribution in [2.45, 2.75) is 64.0 Å². The van der Waals surface area contributed by atoms with Crippen molar-refractivity contribution in [1.82, 2.24) is 5.32 Å². The van der Waals surface area contributed by atoms with Gasteiger partial charge in [-0.05, 0) is 69.3 Å². The highest BCUT2D eigenvalue weighted by Gasteiger charge is 2.43. The summed E-state index contributed by atoms with van der Waals surface area (Å²) < 4.78 is 11.4. The fraction of sp³-hybridized carbons (Fsp3) is 0.520.